The topological polar surface area (TPSA) is 126 Å². The lowest BCUT2D eigenvalue weighted by Crippen LogP contribution is -2.47. The highest BCUT2D eigenvalue weighted by atomic mass is 35.5. The summed E-state index contributed by atoms with van der Waals surface area (Å²) in [6.07, 6.45) is 2.62. The fraction of sp³-hybridized carbons (Fsp3) is 0.538. The lowest BCUT2D eigenvalue weighted by Gasteiger charge is -2.34. The van der Waals surface area contributed by atoms with E-state index in [-0.39, 0.29) is 42.7 Å². The molecule has 3 aromatic rings. The smallest absolute Gasteiger partial charge is 0.394 e. The van der Waals surface area contributed by atoms with Gasteiger partial charge < -0.3 is 29.5 Å². The van der Waals surface area contributed by atoms with Gasteiger partial charge in [-0.05, 0) is 51.7 Å². The quantitative estimate of drug-likeness (QED) is 0.414. The van der Waals surface area contributed by atoms with Gasteiger partial charge in [0.1, 0.15) is 5.69 Å². The van der Waals surface area contributed by atoms with E-state index in [0.717, 1.165) is 43.6 Å². The summed E-state index contributed by atoms with van der Waals surface area (Å²) in [5.41, 5.74) is 0.675. The standard InChI is InChI=1S/C26H33ClN6O5S/c1-16(2)31-10-7-17(8-11-31)28-26(36)37-24-13-20(25(35)32-9-3-4-19(32)15-34)29-33(24)14-18-12-21(38-30-18)22-5-6-23(27)39-22/h5-6,12-13,16-17,19,34H,3-4,7-11,14-15H2,1-2H3,(H,28,36)/t19-/m0/s1. The van der Waals surface area contributed by atoms with E-state index in [4.69, 9.17) is 20.9 Å². The second kappa shape index (κ2) is 12.1. The van der Waals surface area contributed by atoms with E-state index in [1.165, 1.54) is 22.1 Å². The molecule has 2 N–H and O–H groups in total. The Hall–Kier alpha value is -2.93. The molecule has 5 rings (SSSR count). The zero-order chi connectivity index (χ0) is 27.5. The summed E-state index contributed by atoms with van der Waals surface area (Å²) in [6.45, 7) is 6.70. The van der Waals surface area contributed by atoms with Crippen molar-refractivity contribution >= 4 is 34.9 Å². The number of hydrogen-bond acceptors (Lipinski definition) is 9. The number of carbonyl (C=O) groups excluding carboxylic acids is 2. The molecule has 0 saturated carbocycles. The van der Waals surface area contributed by atoms with Crippen LogP contribution in [0.15, 0.2) is 28.8 Å². The average molecular weight is 577 g/mol. The van der Waals surface area contributed by atoms with Crippen LogP contribution in [0.3, 0.4) is 0 Å². The number of aliphatic hydroxyl groups is 1. The van der Waals surface area contributed by atoms with Crippen LogP contribution in [0.4, 0.5) is 4.79 Å². The van der Waals surface area contributed by atoms with Gasteiger partial charge in [-0.15, -0.1) is 11.3 Å². The Bertz CT molecular complexity index is 1300. The Morgan fingerprint density at radius 3 is 2.72 bits per heavy atom. The first kappa shape index (κ1) is 27.6. The SMILES string of the molecule is CC(C)N1CCC(NC(=O)Oc2cc(C(=O)N3CCC[C@H]3CO)nn2Cc2cc(-c3ccc(Cl)s3)on2)CC1. The van der Waals surface area contributed by atoms with Crippen LogP contribution in [0.5, 0.6) is 5.88 Å². The number of halogens is 1. The number of carbonyl (C=O) groups is 2. The molecule has 2 saturated heterocycles. The van der Waals surface area contributed by atoms with E-state index in [1.807, 2.05) is 6.07 Å². The van der Waals surface area contributed by atoms with Gasteiger partial charge in [-0.25, -0.2) is 9.48 Å². The summed E-state index contributed by atoms with van der Waals surface area (Å²) in [5, 5.41) is 21.2. The number of ether oxygens (including phenoxy) is 1. The van der Waals surface area contributed by atoms with Crippen LogP contribution in [0.25, 0.3) is 10.6 Å². The van der Waals surface area contributed by atoms with Crippen molar-refractivity contribution in [1.82, 2.24) is 30.1 Å². The first-order valence-electron chi connectivity index (χ1n) is 13.2. The van der Waals surface area contributed by atoms with Crippen molar-refractivity contribution in [2.45, 2.75) is 64.2 Å². The fourth-order valence-electron chi connectivity index (χ4n) is 5.09. The van der Waals surface area contributed by atoms with E-state index >= 15 is 0 Å². The van der Waals surface area contributed by atoms with Crippen molar-refractivity contribution < 1.29 is 24.0 Å². The fourth-order valence-corrected chi connectivity index (χ4v) is 6.08. The Balaban J connectivity index is 1.32. The minimum Gasteiger partial charge on any atom is -0.394 e. The maximum Gasteiger partial charge on any atom is 0.414 e. The third-order valence-corrected chi connectivity index (χ3v) is 8.52. The van der Waals surface area contributed by atoms with Gasteiger partial charge in [-0.2, -0.15) is 5.10 Å². The largest absolute Gasteiger partial charge is 0.414 e. The van der Waals surface area contributed by atoms with Crippen LogP contribution in [0.2, 0.25) is 4.34 Å². The number of thiophene rings is 1. The summed E-state index contributed by atoms with van der Waals surface area (Å²) < 4.78 is 13.2. The van der Waals surface area contributed by atoms with Crippen molar-refractivity contribution in [2.75, 3.05) is 26.2 Å². The van der Waals surface area contributed by atoms with Crippen LogP contribution in [-0.4, -0.2) is 86.2 Å². The number of nitrogens with one attached hydrogen (secondary N) is 1. The molecule has 0 spiro atoms. The number of nitrogens with zero attached hydrogens (tertiary/aromatic N) is 5. The second-order valence-electron chi connectivity index (χ2n) is 10.2. The molecule has 2 aliphatic rings. The van der Waals surface area contributed by atoms with Crippen molar-refractivity contribution in [3.05, 3.63) is 40.0 Å². The molecule has 0 aromatic carbocycles. The molecule has 2 aliphatic heterocycles. The maximum absolute atomic E-state index is 13.2. The van der Waals surface area contributed by atoms with Gasteiger partial charge in [0.15, 0.2) is 11.5 Å². The highest BCUT2D eigenvalue weighted by Crippen LogP contribution is 2.32. The average Bonchev–Trinajstić information content (AvgIpc) is 3.72. The number of hydrogen-bond donors (Lipinski definition) is 2. The molecule has 0 bridgehead atoms. The number of piperidine rings is 1. The molecular formula is C26H33ClN6O5S. The van der Waals surface area contributed by atoms with Gasteiger partial charge in [0.2, 0.25) is 5.88 Å². The third-order valence-electron chi connectivity index (χ3n) is 7.28. The summed E-state index contributed by atoms with van der Waals surface area (Å²) in [7, 11) is 0. The predicted octanol–water partition coefficient (Wildman–Crippen LogP) is 3.86. The Kier molecular flexibility index (Phi) is 8.55. The maximum atomic E-state index is 13.2. The lowest BCUT2D eigenvalue weighted by atomic mass is 10.0. The Morgan fingerprint density at radius 2 is 2.03 bits per heavy atom. The minimum atomic E-state index is -0.596. The molecular weight excluding hydrogens is 544 g/mol. The van der Waals surface area contributed by atoms with Gasteiger partial charge in [-0.3, -0.25) is 4.79 Å². The first-order chi connectivity index (χ1) is 18.8. The number of aromatic nitrogens is 3. The van der Waals surface area contributed by atoms with Crippen LogP contribution >= 0.6 is 22.9 Å². The van der Waals surface area contributed by atoms with E-state index < -0.39 is 6.09 Å². The molecule has 210 valence electrons. The number of rotatable bonds is 8. The third kappa shape index (κ3) is 6.46. The van der Waals surface area contributed by atoms with Crippen LogP contribution in [0, 0.1) is 0 Å². The van der Waals surface area contributed by atoms with Crippen LogP contribution in [-0.2, 0) is 6.54 Å². The lowest BCUT2D eigenvalue weighted by molar-refractivity contribution is 0.0670. The highest BCUT2D eigenvalue weighted by molar-refractivity contribution is 7.19. The molecule has 1 atom stereocenters. The van der Waals surface area contributed by atoms with Gasteiger partial charge in [0.25, 0.3) is 5.91 Å². The molecule has 2 fully saturated rings. The number of amides is 2. The Morgan fingerprint density at radius 1 is 1.23 bits per heavy atom. The molecule has 11 nitrogen and oxygen atoms in total. The number of aliphatic hydroxyl groups excluding tert-OH is 1. The molecule has 0 aliphatic carbocycles. The monoisotopic (exact) mass is 576 g/mol. The summed E-state index contributed by atoms with van der Waals surface area (Å²) in [4.78, 5) is 30.9. The molecule has 13 heteroatoms. The summed E-state index contributed by atoms with van der Waals surface area (Å²) in [6, 6.07) is 7.09. The van der Waals surface area contributed by atoms with Gasteiger partial charge in [0, 0.05) is 43.9 Å². The predicted molar refractivity (Wildman–Crippen MR) is 146 cm³/mol. The van der Waals surface area contributed by atoms with Crippen LogP contribution in [0.1, 0.15) is 55.7 Å². The second-order valence-corrected chi connectivity index (χ2v) is 11.9. The summed E-state index contributed by atoms with van der Waals surface area (Å²) >= 11 is 7.42. The molecule has 2 amide bonds. The van der Waals surface area contributed by atoms with E-state index in [1.54, 1.807) is 17.0 Å². The molecule has 3 aromatic heterocycles. The molecule has 5 heterocycles. The van der Waals surface area contributed by atoms with Crippen molar-refractivity contribution in [3.8, 4) is 16.5 Å². The van der Waals surface area contributed by atoms with Gasteiger partial charge in [-0.1, -0.05) is 16.8 Å². The van der Waals surface area contributed by atoms with E-state index in [2.05, 4.69) is 34.3 Å². The van der Waals surface area contributed by atoms with Crippen molar-refractivity contribution in [3.63, 3.8) is 0 Å². The van der Waals surface area contributed by atoms with E-state index in [9.17, 15) is 14.7 Å². The Labute approximate surface area is 235 Å². The zero-order valence-electron chi connectivity index (χ0n) is 22.0. The summed E-state index contributed by atoms with van der Waals surface area (Å²) in [5.74, 6) is 0.366. The van der Waals surface area contributed by atoms with Gasteiger partial charge >= 0.3 is 6.09 Å². The van der Waals surface area contributed by atoms with Crippen molar-refractivity contribution in [2.24, 2.45) is 0 Å². The minimum absolute atomic E-state index is 0.00982. The number of likely N-dealkylation sites (tertiary alicyclic amines) is 2. The zero-order valence-corrected chi connectivity index (χ0v) is 23.6. The molecule has 39 heavy (non-hydrogen) atoms. The molecule has 0 radical (unpaired) electrons. The van der Waals surface area contributed by atoms with E-state index in [0.29, 0.717) is 28.4 Å². The van der Waals surface area contributed by atoms with Gasteiger partial charge in [0.05, 0.1) is 28.4 Å². The molecule has 0 unspecified atom stereocenters. The van der Waals surface area contributed by atoms with Crippen LogP contribution < -0.4 is 10.1 Å². The van der Waals surface area contributed by atoms with Crippen molar-refractivity contribution in [1.29, 1.82) is 0 Å². The normalized spacial score (nSPS) is 18.7. The first-order valence-corrected chi connectivity index (χ1v) is 14.4. The highest BCUT2D eigenvalue weighted by Gasteiger charge is 2.31.